The summed E-state index contributed by atoms with van der Waals surface area (Å²) in [6, 6.07) is 16.0. The van der Waals surface area contributed by atoms with Crippen molar-refractivity contribution in [1.82, 2.24) is 20.0 Å². The predicted molar refractivity (Wildman–Crippen MR) is 107 cm³/mol. The largest absolute Gasteiger partial charge is 0.370 e. The number of nitrogens with one attached hydrogen (secondary N) is 1. The van der Waals surface area contributed by atoms with Crippen molar-refractivity contribution in [3.63, 3.8) is 0 Å². The molecule has 1 aliphatic rings. The number of hydrogen-bond donors (Lipinski definition) is 1. The summed E-state index contributed by atoms with van der Waals surface area (Å²) >= 11 is 0. The van der Waals surface area contributed by atoms with Crippen LogP contribution in [0.2, 0.25) is 0 Å². The third-order valence-corrected chi connectivity index (χ3v) is 5.04. The molecule has 0 spiro atoms. The molecule has 1 aromatic heterocycles. The van der Waals surface area contributed by atoms with Crippen molar-refractivity contribution in [2.45, 2.75) is 19.2 Å². The maximum atomic E-state index is 13.2. The molecule has 1 unspecified atom stereocenters. The Bertz CT molecular complexity index is 944. The number of urea groups is 1. The van der Waals surface area contributed by atoms with Crippen LogP contribution in [0, 0.1) is 5.82 Å². The maximum absolute atomic E-state index is 13.2. The fraction of sp³-hybridized carbons (Fsp3) is 0.273. The van der Waals surface area contributed by atoms with E-state index >= 15 is 0 Å². The first-order valence-electron chi connectivity index (χ1n) is 9.63. The van der Waals surface area contributed by atoms with Crippen LogP contribution >= 0.6 is 0 Å². The minimum Gasteiger partial charge on any atom is -0.370 e. The number of nitrogens with zero attached hydrogens (tertiary/aromatic N) is 3. The number of carbonyl (C=O) groups is 1. The number of aromatic nitrogens is 2. The van der Waals surface area contributed by atoms with Crippen LogP contribution < -0.4 is 5.32 Å². The zero-order valence-electron chi connectivity index (χ0n) is 16.0. The Morgan fingerprint density at radius 3 is 2.69 bits per heavy atom. The Labute approximate surface area is 168 Å². The normalized spacial score (nSPS) is 16.6. The Morgan fingerprint density at radius 1 is 1.14 bits per heavy atom. The summed E-state index contributed by atoms with van der Waals surface area (Å²) < 4.78 is 20.8. The van der Waals surface area contributed by atoms with Gasteiger partial charge in [-0.2, -0.15) is 5.10 Å². The van der Waals surface area contributed by atoms with Crippen LogP contribution in [0.25, 0.3) is 0 Å². The van der Waals surface area contributed by atoms with E-state index in [4.69, 9.17) is 4.74 Å². The zero-order valence-corrected chi connectivity index (χ0v) is 16.0. The smallest absolute Gasteiger partial charge is 0.317 e. The summed E-state index contributed by atoms with van der Waals surface area (Å²) in [5.74, 6) is -0.284. The van der Waals surface area contributed by atoms with Crippen LogP contribution in [0.1, 0.15) is 22.8 Å². The third kappa shape index (κ3) is 4.81. The van der Waals surface area contributed by atoms with Crippen molar-refractivity contribution >= 4 is 6.03 Å². The molecule has 7 heteroatoms. The lowest BCUT2D eigenvalue weighted by atomic mass is 10.1. The molecule has 29 heavy (non-hydrogen) atoms. The lowest BCUT2D eigenvalue weighted by molar-refractivity contribution is -0.0155. The minimum absolute atomic E-state index is 0.130. The second-order valence-electron chi connectivity index (χ2n) is 6.99. The first-order chi connectivity index (χ1) is 14.2. The van der Waals surface area contributed by atoms with E-state index in [1.54, 1.807) is 23.2 Å². The molecule has 2 aromatic carbocycles. The van der Waals surface area contributed by atoms with E-state index in [-0.39, 0.29) is 18.0 Å². The van der Waals surface area contributed by atoms with Crippen molar-refractivity contribution < 1.29 is 13.9 Å². The van der Waals surface area contributed by atoms with Crippen molar-refractivity contribution in [2.24, 2.45) is 0 Å². The number of rotatable bonds is 5. The topological polar surface area (TPSA) is 59.4 Å². The maximum Gasteiger partial charge on any atom is 0.317 e. The number of benzene rings is 2. The molecule has 3 aromatic rings. The van der Waals surface area contributed by atoms with Crippen LogP contribution in [0.4, 0.5) is 9.18 Å². The van der Waals surface area contributed by atoms with Gasteiger partial charge in [0.25, 0.3) is 0 Å². The number of morpholine rings is 1. The highest BCUT2D eigenvalue weighted by molar-refractivity contribution is 5.74. The average Bonchev–Trinajstić information content (AvgIpc) is 3.27. The molecule has 2 heterocycles. The molecule has 150 valence electrons. The Hall–Kier alpha value is -3.19. The molecule has 0 radical (unpaired) electrons. The quantitative estimate of drug-likeness (QED) is 0.722. The molecule has 0 aliphatic carbocycles. The second-order valence-corrected chi connectivity index (χ2v) is 6.99. The molecule has 0 bridgehead atoms. The van der Waals surface area contributed by atoms with E-state index in [0.29, 0.717) is 32.8 Å². The molecule has 1 saturated heterocycles. The van der Waals surface area contributed by atoms with Gasteiger partial charge >= 0.3 is 6.03 Å². The molecule has 1 N–H and O–H groups in total. The molecular weight excluding hydrogens is 371 g/mol. The van der Waals surface area contributed by atoms with Crippen LogP contribution in [-0.2, 0) is 17.8 Å². The summed E-state index contributed by atoms with van der Waals surface area (Å²) in [4.78, 5) is 14.5. The summed E-state index contributed by atoms with van der Waals surface area (Å²) in [6.07, 6.45) is 3.42. The van der Waals surface area contributed by atoms with Crippen LogP contribution in [0.15, 0.2) is 67.0 Å². The van der Waals surface area contributed by atoms with Gasteiger partial charge in [0, 0.05) is 25.5 Å². The zero-order chi connectivity index (χ0) is 20.1. The van der Waals surface area contributed by atoms with E-state index in [0.717, 1.165) is 16.7 Å². The van der Waals surface area contributed by atoms with Crippen LogP contribution in [0.3, 0.4) is 0 Å². The molecule has 4 rings (SSSR count). The van der Waals surface area contributed by atoms with E-state index in [2.05, 4.69) is 10.4 Å². The van der Waals surface area contributed by atoms with E-state index in [1.165, 1.54) is 12.1 Å². The van der Waals surface area contributed by atoms with E-state index < -0.39 is 0 Å². The molecule has 1 fully saturated rings. The van der Waals surface area contributed by atoms with E-state index in [1.807, 2.05) is 41.2 Å². The highest BCUT2D eigenvalue weighted by Gasteiger charge is 2.25. The Kier molecular flexibility index (Phi) is 5.86. The number of hydrogen-bond acceptors (Lipinski definition) is 3. The van der Waals surface area contributed by atoms with Gasteiger partial charge in [-0.05, 0) is 34.9 Å². The first kappa shape index (κ1) is 19.1. The van der Waals surface area contributed by atoms with Crippen molar-refractivity contribution in [2.75, 3.05) is 19.7 Å². The van der Waals surface area contributed by atoms with E-state index in [9.17, 15) is 9.18 Å². The van der Waals surface area contributed by atoms with Crippen LogP contribution in [0.5, 0.6) is 0 Å². The number of ether oxygens (including phenoxy) is 1. The molecular formula is C22H23FN4O2. The second kappa shape index (κ2) is 8.87. The number of amides is 2. The van der Waals surface area contributed by atoms with Gasteiger partial charge in [-0.25, -0.2) is 9.18 Å². The summed E-state index contributed by atoms with van der Waals surface area (Å²) in [5.41, 5.74) is 3.04. The van der Waals surface area contributed by atoms with Crippen LogP contribution in [-0.4, -0.2) is 40.4 Å². The third-order valence-electron chi connectivity index (χ3n) is 5.04. The molecule has 0 saturated carbocycles. The minimum atomic E-state index is -0.284. The SMILES string of the molecule is O=C(NCc1ccccc1Cn1cccn1)N1CCOC(c2ccc(F)cc2)C1. The Balaban J connectivity index is 1.36. The molecule has 2 amide bonds. The van der Waals surface area contributed by atoms with Gasteiger partial charge in [0.05, 0.1) is 19.7 Å². The van der Waals surface area contributed by atoms with Crippen molar-refractivity contribution in [3.8, 4) is 0 Å². The number of halogens is 1. The average molecular weight is 394 g/mol. The predicted octanol–water partition coefficient (Wildman–Crippen LogP) is 3.35. The standard InChI is InChI=1S/C22H23FN4O2/c23-20-8-6-17(7-9-20)21-16-26(12-13-29-21)22(28)24-14-18-4-1-2-5-19(18)15-27-11-3-10-25-27/h1-11,21H,12-16H2,(H,24,28). The van der Waals surface area contributed by atoms with Crippen molar-refractivity contribution in [3.05, 3.63) is 89.5 Å². The van der Waals surface area contributed by atoms with Gasteiger partial charge in [-0.1, -0.05) is 36.4 Å². The van der Waals surface area contributed by atoms with Gasteiger partial charge in [0.2, 0.25) is 0 Å². The number of carbonyl (C=O) groups excluding carboxylic acids is 1. The van der Waals surface area contributed by atoms with Gasteiger partial charge < -0.3 is 15.0 Å². The Morgan fingerprint density at radius 2 is 1.93 bits per heavy atom. The van der Waals surface area contributed by atoms with Crippen molar-refractivity contribution in [1.29, 1.82) is 0 Å². The van der Waals surface area contributed by atoms with Gasteiger partial charge in [-0.15, -0.1) is 0 Å². The lowest BCUT2D eigenvalue weighted by Gasteiger charge is -2.33. The highest BCUT2D eigenvalue weighted by Crippen LogP contribution is 2.22. The summed E-state index contributed by atoms with van der Waals surface area (Å²) in [7, 11) is 0. The summed E-state index contributed by atoms with van der Waals surface area (Å²) in [5, 5.41) is 7.26. The highest BCUT2D eigenvalue weighted by atomic mass is 19.1. The van der Waals surface area contributed by atoms with Gasteiger partial charge in [0.1, 0.15) is 11.9 Å². The lowest BCUT2D eigenvalue weighted by Crippen LogP contribution is -2.47. The monoisotopic (exact) mass is 394 g/mol. The van der Waals surface area contributed by atoms with Gasteiger partial charge in [0.15, 0.2) is 0 Å². The molecule has 1 aliphatic heterocycles. The summed E-state index contributed by atoms with van der Waals surface area (Å²) in [6.45, 7) is 2.51. The first-order valence-corrected chi connectivity index (χ1v) is 9.63. The molecule has 1 atom stereocenters. The fourth-order valence-electron chi connectivity index (χ4n) is 3.45. The van der Waals surface area contributed by atoms with Gasteiger partial charge in [-0.3, -0.25) is 4.68 Å². The molecule has 6 nitrogen and oxygen atoms in total. The fourth-order valence-corrected chi connectivity index (χ4v) is 3.45.